The Kier molecular flexibility index (Phi) is 11.9. The van der Waals surface area contributed by atoms with E-state index in [4.69, 9.17) is 0 Å². The molecule has 3 aliphatic heterocycles. The first-order chi connectivity index (χ1) is 29.9. The number of anilines is 3. The summed E-state index contributed by atoms with van der Waals surface area (Å²) in [7, 11) is -4.03. The third-order valence-corrected chi connectivity index (χ3v) is 13.0. The van der Waals surface area contributed by atoms with Crippen LogP contribution in [0.25, 0.3) is 10.9 Å². The molecule has 62 heavy (non-hydrogen) atoms. The first kappa shape index (κ1) is 41.9. The van der Waals surface area contributed by atoms with Crippen LogP contribution in [0.4, 0.5) is 17.1 Å². The number of piperidine rings is 1. The topological polar surface area (TPSA) is 210 Å². The summed E-state index contributed by atoms with van der Waals surface area (Å²) in [6.45, 7) is 4.46. The van der Waals surface area contributed by atoms with Crippen molar-refractivity contribution in [1.29, 1.82) is 0 Å². The zero-order valence-corrected chi connectivity index (χ0v) is 34.8. The molecule has 1 aromatic heterocycles. The Morgan fingerprint density at radius 2 is 1.60 bits per heavy atom. The fourth-order valence-corrected chi connectivity index (χ4v) is 9.36. The van der Waals surface area contributed by atoms with Gasteiger partial charge in [0.05, 0.1) is 16.0 Å². The van der Waals surface area contributed by atoms with Crippen molar-refractivity contribution in [3.05, 3.63) is 119 Å². The molecule has 2 fully saturated rings. The normalized spacial score (nSPS) is 17.2. The lowest BCUT2D eigenvalue weighted by Crippen LogP contribution is -2.54. The van der Waals surface area contributed by atoms with Gasteiger partial charge in [-0.1, -0.05) is 42.0 Å². The maximum Gasteiger partial charge on any atom is 0.264 e. The van der Waals surface area contributed by atoms with E-state index in [9.17, 15) is 37.2 Å². The number of carbonyl (C=O) groups is 6. The Balaban J connectivity index is 0.827. The third-order valence-electron chi connectivity index (χ3n) is 11.5. The molecular weight excluding hydrogens is 813 g/mol. The molecule has 0 aliphatic carbocycles. The number of hydrogen-bond acceptors (Lipinski definition) is 10. The fourth-order valence-electron chi connectivity index (χ4n) is 8.16. The number of aryl methyl sites for hydroxylation is 1. The lowest BCUT2D eigenvalue weighted by molar-refractivity contribution is -0.136. The summed E-state index contributed by atoms with van der Waals surface area (Å²) in [6, 6.07) is 24.1. The Bertz CT molecular complexity index is 2670. The number of aromatic amines is 1. The van der Waals surface area contributed by atoms with Crippen LogP contribution in [0.5, 0.6) is 0 Å². The standard InChI is InChI=1S/C45H46N8O8S/c1-28-11-17-32(18-12-28)62(60,61)50-37(26-29-27-47-35-8-3-2-6-33(29)35)42(56)48-30-13-15-31(16-14-30)51-22-24-52(25-23-51)40(55)10-5-21-46-36-9-4-7-34-41(36)45(59)53(44(34)58)38-19-20-39(54)49-43(38)57/h2-4,6-9,11-18,27,37-38,46-47,50H,5,10,19-26H2,1H3,(H,48,56)(H,49,54,57). The van der Waals surface area contributed by atoms with Gasteiger partial charge in [0.15, 0.2) is 0 Å². The molecule has 6 amide bonds. The van der Waals surface area contributed by atoms with Crippen LogP contribution < -0.4 is 25.6 Å². The van der Waals surface area contributed by atoms with E-state index in [0.717, 1.165) is 32.6 Å². The molecule has 17 heteroatoms. The van der Waals surface area contributed by atoms with Crippen LogP contribution >= 0.6 is 0 Å². The van der Waals surface area contributed by atoms with Gasteiger partial charge in [0, 0.05) is 79.7 Å². The number of benzene rings is 4. The lowest BCUT2D eigenvalue weighted by atomic mass is 10.0. The van der Waals surface area contributed by atoms with Gasteiger partial charge in [-0.05, 0) is 86.3 Å². The van der Waals surface area contributed by atoms with Crippen LogP contribution in [0, 0.1) is 6.92 Å². The van der Waals surface area contributed by atoms with Gasteiger partial charge in [0.1, 0.15) is 12.1 Å². The van der Waals surface area contributed by atoms with Crippen LogP contribution in [0.15, 0.2) is 102 Å². The number of fused-ring (bicyclic) bond motifs is 2. The number of piperazine rings is 1. The zero-order valence-electron chi connectivity index (χ0n) is 34.0. The predicted molar refractivity (Wildman–Crippen MR) is 232 cm³/mol. The highest BCUT2D eigenvalue weighted by molar-refractivity contribution is 7.89. The average Bonchev–Trinajstić information content (AvgIpc) is 3.79. The van der Waals surface area contributed by atoms with Crippen molar-refractivity contribution in [3.63, 3.8) is 0 Å². The number of nitrogens with one attached hydrogen (secondary N) is 5. The molecular formula is C45H46N8O8S. The second kappa shape index (κ2) is 17.6. The largest absolute Gasteiger partial charge is 0.384 e. The number of H-pyrrole nitrogens is 1. The van der Waals surface area contributed by atoms with Crippen molar-refractivity contribution in [2.75, 3.05) is 48.3 Å². The monoisotopic (exact) mass is 858 g/mol. The van der Waals surface area contributed by atoms with E-state index in [1.807, 2.05) is 48.2 Å². The summed E-state index contributed by atoms with van der Waals surface area (Å²) in [5, 5.41) is 9.18. The van der Waals surface area contributed by atoms with Gasteiger partial charge in [0.25, 0.3) is 11.8 Å². The first-order valence-corrected chi connectivity index (χ1v) is 22.0. The van der Waals surface area contributed by atoms with E-state index in [-0.39, 0.29) is 47.6 Å². The molecule has 5 aromatic rings. The van der Waals surface area contributed by atoms with E-state index in [1.165, 1.54) is 18.2 Å². The van der Waals surface area contributed by atoms with E-state index >= 15 is 0 Å². The van der Waals surface area contributed by atoms with E-state index in [2.05, 4.69) is 30.6 Å². The summed E-state index contributed by atoms with van der Waals surface area (Å²) in [5.41, 5.74) is 4.80. The van der Waals surface area contributed by atoms with Crippen molar-refractivity contribution < 1.29 is 37.2 Å². The van der Waals surface area contributed by atoms with Crippen molar-refractivity contribution in [2.24, 2.45) is 0 Å². The molecule has 0 bridgehead atoms. The molecule has 0 saturated carbocycles. The predicted octanol–water partition coefficient (Wildman–Crippen LogP) is 3.95. The van der Waals surface area contributed by atoms with Gasteiger partial charge in [-0.25, -0.2) is 8.42 Å². The van der Waals surface area contributed by atoms with Crippen LogP contribution in [-0.4, -0.2) is 103 Å². The zero-order chi connectivity index (χ0) is 43.5. The number of para-hydroxylation sites is 1. The Hall–Kier alpha value is -6.85. The molecule has 4 aromatic carbocycles. The molecule has 5 N–H and O–H groups in total. The number of sulfonamides is 1. The van der Waals surface area contributed by atoms with Crippen LogP contribution in [-0.2, 0) is 35.6 Å². The van der Waals surface area contributed by atoms with E-state index in [0.29, 0.717) is 50.5 Å². The number of nitrogens with zero attached hydrogens (tertiary/aromatic N) is 3. The van der Waals surface area contributed by atoms with Crippen molar-refractivity contribution in [3.8, 4) is 0 Å². The van der Waals surface area contributed by atoms with Gasteiger partial charge >= 0.3 is 0 Å². The summed E-state index contributed by atoms with van der Waals surface area (Å²) in [6.07, 6.45) is 2.76. The van der Waals surface area contributed by atoms with Gasteiger partial charge < -0.3 is 25.4 Å². The number of hydrogen-bond donors (Lipinski definition) is 5. The number of rotatable bonds is 14. The van der Waals surface area contributed by atoms with Crippen molar-refractivity contribution >= 4 is 73.4 Å². The molecule has 16 nitrogen and oxygen atoms in total. The highest BCUT2D eigenvalue weighted by Gasteiger charge is 2.45. The Morgan fingerprint density at radius 1 is 0.855 bits per heavy atom. The SMILES string of the molecule is Cc1ccc(S(=O)(=O)NC(Cc2c[nH]c3ccccc23)C(=O)Nc2ccc(N3CCN(C(=O)CCCNc4cccc5c4C(=O)N(C4CCC(=O)NC4=O)C5=O)CC3)cc2)cc1. The summed E-state index contributed by atoms with van der Waals surface area (Å²) in [5.74, 6) is -2.79. The first-order valence-electron chi connectivity index (χ1n) is 20.5. The highest BCUT2D eigenvalue weighted by atomic mass is 32.2. The maximum absolute atomic E-state index is 13.8. The van der Waals surface area contributed by atoms with Gasteiger partial charge in [-0.2, -0.15) is 4.72 Å². The molecule has 2 atom stereocenters. The van der Waals surface area contributed by atoms with Gasteiger partial charge in [0.2, 0.25) is 33.7 Å². The average molecular weight is 859 g/mol. The molecule has 4 heterocycles. The molecule has 0 spiro atoms. The molecule has 2 saturated heterocycles. The van der Waals surface area contributed by atoms with Crippen molar-refractivity contribution in [2.45, 2.75) is 56.0 Å². The second-order valence-corrected chi connectivity index (χ2v) is 17.4. The summed E-state index contributed by atoms with van der Waals surface area (Å²) in [4.78, 5) is 85.7. The lowest BCUT2D eigenvalue weighted by Gasteiger charge is -2.36. The van der Waals surface area contributed by atoms with E-state index < -0.39 is 51.6 Å². The number of carbonyl (C=O) groups excluding carboxylic acids is 6. The van der Waals surface area contributed by atoms with Crippen LogP contribution in [0.2, 0.25) is 0 Å². The molecule has 0 radical (unpaired) electrons. The minimum atomic E-state index is -4.03. The Morgan fingerprint density at radius 3 is 2.34 bits per heavy atom. The summed E-state index contributed by atoms with van der Waals surface area (Å²) >= 11 is 0. The quantitative estimate of drug-likeness (QED) is 0.0803. The maximum atomic E-state index is 13.8. The van der Waals surface area contributed by atoms with Crippen molar-refractivity contribution in [1.82, 2.24) is 24.8 Å². The molecule has 8 rings (SSSR count). The van der Waals surface area contributed by atoms with Gasteiger partial charge in [-0.3, -0.25) is 39.0 Å². The van der Waals surface area contributed by atoms with Gasteiger partial charge in [-0.15, -0.1) is 0 Å². The molecule has 320 valence electrons. The molecule has 3 aliphatic rings. The smallest absolute Gasteiger partial charge is 0.264 e. The van der Waals surface area contributed by atoms with Crippen LogP contribution in [0.1, 0.15) is 57.5 Å². The second-order valence-electron chi connectivity index (χ2n) is 15.7. The minimum absolute atomic E-state index is 0.00159. The Labute approximate surface area is 358 Å². The third kappa shape index (κ3) is 8.80. The summed E-state index contributed by atoms with van der Waals surface area (Å²) < 4.78 is 29.5. The highest BCUT2D eigenvalue weighted by Crippen LogP contribution is 2.32. The van der Waals surface area contributed by atoms with E-state index in [1.54, 1.807) is 42.6 Å². The molecule has 2 unspecified atom stereocenters. The number of imide groups is 2. The number of aromatic nitrogens is 1. The number of amides is 6. The fraction of sp³-hybridized carbons (Fsp3) is 0.289. The minimum Gasteiger partial charge on any atom is -0.384 e. The van der Waals surface area contributed by atoms with Crippen LogP contribution in [0.3, 0.4) is 0 Å².